The summed E-state index contributed by atoms with van der Waals surface area (Å²) in [5.74, 6) is -0.0165. The van der Waals surface area contributed by atoms with Gasteiger partial charge >= 0.3 is 0 Å². The van der Waals surface area contributed by atoms with Gasteiger partial charge in [-0.15, -0.1) is 0 Å². The fourth-order valence-electron chi connectivity index (χ4n) is 1.51. The zero-order valence-electron chi connectivity index (χ0n) is 10.9. The molecule has 0 aliphatic heterocycles. The number of nitrogens with one attached hydrogen (secondary N) is 2. The highest BCUT2D eigenvalue weighted by Crippen LogP contribution is 2.11. The molecule has 98 valence electrons. The Morgan fingerprint density at radius 2 is 2.11 bits per heavy atom. The van der Waals surface area contributed by atoms with Crippen LogP contribution in [0.3, 0.4) is 0 Å². The Balaban J connectivity index is 1.96. The molecule has 2 rings (SSSR count). The number of carbonyl (C=O) groups excluding carboxylic acids is 1. The van der Waals surface area contributed by atoms with Crippen molar-refractivity contribution in [3.8, 4) is 0 Å². The van der Waals surface area contributed by atoms with Crippen molar-refractivity contribution in [3.63, 3.8) is 0 Å². The summed E-state index contributed by atoms with van der Waals surface area (Å²) in [7, 11) is 0. The van der Waals surface area contributed by atoms with E-state index in [0.29, 0.717) is 11.6 Å². The average molecular weight is 256 g/mol. The maximum absolute atomic E-state index is 11.8. The van der Waals surface area contributed by atoms with Crippen molar-refractivity contribution in [3.05, 3.63) is 53.3 Å². The third-order valence-corrected chi connectivity index (χ3v) is 2.63. The molecule has 1 amide bonds. The van der Waals surface area contributed by atoms with Crippen LogP contribution >= 0.6 is 0 Å². The van der Waals surface area contributed by atoms with Gasteiger partial charge in [-0.05, 0) is 17.5 Å². The molecule has 19 heavy (non-hydrogen) atoms. The van der Waals surface area contributed by atoms with Crippen molar-refractivity contribution in [2.45, 2.75) is 19.8 Å². The number of benzene rings is 1. The molecule has 0 unspecified atom stereocenters. The Morgan fingerprint density at radius 1 is 1.37 bits per heavy atom. The number of H-pyrrole nitrogens is 1. The van der Waals surface area contributed by atoms with E-state index < -0.39 is 0 Å². The van der Waals surface area contributed by atoms with Crippen LogP contribution in [0.2, 0.25) is 0 Å². The third-order valence-electron chi connectivity index (χ3n) is 2.63. The third kappa shape index (κ3) is 3.51. The molecule has 0 radical (unpaired) electrons. The summed E-state index contributed by atoms with van der Waals surface area (Å²) < 4.78 is 0. The Kier molecular flexibility index (Phi) is 4.07. The van der Waals surface area contributed by atoms with Crippen molar-refractivity contribution in [1.29, 1.82) is 0 Å². The minimum Gasteiger partial charge on any atom is -0.282 e. The number of hydrogen-bond donors (Lipinski definition) is 2. The van der Waals surface area contributed by atoms with Crippen LogP contribution in [-0.4, -0.2) is 22.3 Å². The molecule has 0 bridgehead atoms. The van der Waals surface area contributed by atoms with E-state index in [2.05, 4.69) is 20.7 Å². The topological polar surface area (TPSA) is 70.1 Å². The van der Waals surface area contributed by atoms with Crippen molar-refractivity contribution in [1.82, 2.24) is 15.6 Å². The molecule has 1 heterocycles. The minimum atomic E-state index is -0.324. The van der Waals surface area contributed by atoms with Gasteiger partial charge in [0.25, 0.3) is 5.91 Å². The summed E-state index contributed by atoms with van der Waals surface area (Å²) >= 11 is 0. The van der Waals surface area contributed by atoms with Crippen LogP contribution in [0, 0.1) is 0 Å². The van der Waals surface area contributed by atoms with Gasteiger partial charge in [0.2, 0.25) is 0 Å². The lowest BCUT2D eigenvalue weighted by Crippen LogP contribution is -2.18. The van der Waals surface area contributed by atoms with Gasteiger partial charge in [0, 0.05) is 5.69 Å². The molecule has 0 atom stereocenters. The maximum atomic E-state index is 11.8. The number of carbonyl (C=O) groups is 1. The van der Waals surface area contributed by atoms with E-state index in [1.54, 1.807) is 12.3 Å². The molecule has 0 spiro atoms. The van der Waals surface area contributed by atoms with Gasteiger partial charge in [-0.3, -0.25) is 9.89 Å². The van der Waals surface area contributed by atoms with Gasteiger partial charge in [0.05, 0.1) is 6.21 Å². The molecule has 5 nitrogen and oxygen atoms in total. The molecule has 1 aromatic carbocycles. The van der Waals surface area contributed by atoms with Gasteiger partial charge in [-0.25, -0.2) is 5.43 Å². The van der Waals surface area contributed by atoms with Crippen LogP contribution in [0.15, 0.2) is 41.5 Å². The summed E-state index contributed by atoms with van der Waals surface area (Å²) in [6.45, 7) is 4.06. The van der Waals surface area contributed by atoms with Crippen molar-refractivity contribution < 1.29 is 4.79 Å². The number of hydrogen-bond acceptors (Lipinski definition) is 3. The lowest BCUT2D eigenvalue weighted by atomic mass is 10.1. The standard InChI is InChI=1S/C14H16N4O/c1-10(2)12-8-13(17-16-12)14(19)18-15-9-11-6-4-3-5-7-11/h3-10H,1-2H3,(H,16,17)(H,18,19). The van der Waals surface area contributed by atoms with Gasteiger partial charge in [0.15, 0.2) is 5.69 Å². The highest BCUT2D eigenvalue weighted by molar-refractivity contribution is 5.93. The Hall–Kier alpha value is -2.43. The summed E-state index contributed by atoms with van der Waals surface area (Å²) in [6.07, 6.45) is 1.59. The first-order valence-electron chi connectivity index (χ1n) is 6.10. The molecule has 5 heteroatoms. The quantitative estimate of drug-likeness (QED) is 0.651. The van der Waals surface area contributed by atoms with Crippen LogP contribution in [0.25, 0.3) is 0 Å². The summed E-state index contributed by atoms with van der Waals surface area (Å²) in [4.78, 5) is 11.8. The Morgan fingerprint density at radius 3 is 2.74 bits per heavy atom. The summed E-state index contributed by atoms with van der Waals surface area (Å²) in [5, 5.41) is 10.7. The van der Waals surface area contributed by atoms with Crippen LogP contribution in [0.1, 0.15) is 41.5 Å². The molecule has 0 saturated heterocycles. The number of aromatic amines is 1. The normalized spacial score (nSPS) is 11.1. The van der Waals surface area contributed by atoms with Crippen LogP contribution in [0.5, 0.6) is 0 Å². The molecule has 0 aliphatic rings. The first-order valence-corrected chi connectivity index (χ1v) is 6.10. The van der Waals surface area contributed by atoms with E-state index in [9.17, 15) is 4.79 Å². The second kappa shape index (κ2) is 5.95. The van der Waals surface area contributed by atoms with Crippen LogP contribution in [-0.2, 0) is 0 Å². The predicted octanol–water partition coefficient (Wildman–Crippen LogP) is 2.30. The monoisotopic (exact) mass is 256 g/mol. The number of hydrazone groups is 1. The van der Waals surface area contributed by atoms with E-state index in [0.717, 1.165) is 11.3 Å². The summed E-state index contributed by atoms with van der Waals surface area (Å²) in [5.41, 5.74) is 4.64. The van der Waals surface area contributed by atoms with E-state index in [1.807, 2.05) is 44.2 Å². The first kappa shape index (κ1) is 13.0. The lowest BCUT2D eigenvalue weighted by molar-refractivity contribution is 0.0950. The van der Waals surface area contributed by atoms with Gasteiger partial charge in [-0.1, -0.05) is 44.2 Å². The smallest absolute Gasteiger partial charge is 0.282 e. The van der Waals surface area contributed by atoms with E-state index >= 15 is 0 Å². The molecular formula is C14H16N4O. The highest BCUT2D eigenvalue weighted by Gasteiger charge is 2.10. The number of aromatic nitrogens is 2. The van der Waals surface area contributed by atoms with Crippen LogP contribution < -0.4 is 5.43 Å². The minimum absolute atomic E-state index is 0.307. The molecule has 1 aromatic heterocycles. The molecule has 2 N–H and O–H groups in total. The number of amides is 1. The average Bonchev–Trinajstić information content (AvgIpc) is 2.89. The zero-order valence-corrected chi connectivity index (χ0v) is 10.9. The fraction of sp³-hybridized carbons (Fsp3) is 0.214. The molecule has 0 aliphatic carbocycles. The van der Waals surface area contributed by atoms with Crippen molar-refractivity contribution in [2.24, 2.45) is 5.10 Å². The number of rotatable bonds is 4. The Bertz CT molecular complexity index is 572. The van der Waals surface area contributed by atoms with E-state index in [1.165, 1.54) is 0 Å². The van der Waals surface area contributed by atoms with Crippen LogP contribution in [0.4, 0.5) is 0 Å². The van der Waals surface area contributed by atoms with Gasteiger partial charge < -0.3 is 0 Å². The predicted molar refractivity (Wildman–Crippen MR) is 74.2 cm³/mol. The SMILES string of the molecule is CC(C)c1cc(C(=O)NN=Cc2ccccc2)n[nH]1. The second-order valence-corrected chi connectivity index (χ2v) is 4.47. The van der Waals surface area contributed by atoms with E-state index in [-0.39, 0.29) is 5.91 Å². The Labute approximate surface area is 111 Å². The largest absolute Gasteiger partial charge is 0.291 e. The maximum Gasteiger partial charge on any atom is 0.291 e. The molecule has 2 aromatic rings. The number of nitrogens with zero attached hydrogens (tertiary/aromatic N) is 2. The van der Waals surface area contributed by atoms with Crippen molar-refractivity contribution >= 4 is 12.1 Å². The molecule has 0 fully saturated rings. The van der Waals surface area contributed by atoms with Gasteiger partial charge in [-0.2, -0.15) is 10.2 Å². The second-order valence-electron chi connectivity index (χ2n) is 4.47. The van der Waals surface area contributed by atoms with E-state index in [4.69, 9.17) is 0 Å². The highest BCUT2D eigenvalue weighted by atomic mass is 16.2. The molecular weight excluding hydrogens is 240 g/mol. The summed E-state index contributed by atoms with van der Waals surface area (Å²) in [6, 6.07) is 11.3. The fourth-order valence-corrected chi connectivity index (χ4v) is 1.51. The van der Waals surface area contributed by atoms with Gasteiger partial charge in [0.1, 0.15) is 0 Å². The first-order chi connectivity index (χ1) is 9.16. The molecule has 0 saturated carbocycles. The zero-order chi connectivity index (χ0) is 13.7. The lowest BCUT2D eigenvalue weighted by Gasteiger charge is -1.96. The van der Waals surface area contributed by atoms with Crippen molar-refractivity contribution in [2.75, 3.05) is 0 Å².